The van der Waals surface area contributed by atoms with Crippen LogP contribution in [0, 0.1) is 0 Å². The number of esters is 2. The zero-order valence-electron chi connectivity index (χ0n) is 14.6. The molecule has 26 heavy (non-hydrogen) atoms. The van der Waals surface area contributed by atoms with E-state index in [9.17, 15) is 9.59 Å². The molecule has 1 aromatic carbocycles. The number of aromatic nitrogens is 1. The van der Waals surface area contributed by atoms with E-state index in [-0.39, 0.29) is 5.70 Å². The molecule has 0 saturated heterocycles. The number of nitrogens with zero attached hydrogens (tertiary/aromatic N) is 1. The summed E-state index contributed by atoms with van der Waals surface area (Å²) in [5.41, 5.74) is 1.38. The van der Waals surface area contributed by atoms with Crippen molar-refractivity contribution < 1.29 is 23.8 Å². The summed E-state index contributed by atoms with van der Waals surface area (Å²) in [5, 5.41) is 2.86. The average molecular weight is 356 g/mol. The molecular formula is C19H20N2O5. The lowest BCUT2D eigenvalue weighted by Crippen LogP contribution is -2.16. The predicted octanol–water partition coefficient (Wildman–Crippen LogP) is 2.34. The molecule has 0 bridgehead atoms. The Morgan fingerprint density at radius 1 is 1.08 bits per heavy atom. The van der Waals surface area contributed by atoms with E-state index in [4.69, 9.17) is 4.74 Å². The summed E-state index contributed by atoms with van der Waals surface area (Å²) < 4.78 is 15.0. The van der Waals surface area contributed by atoms with Crippen molar-refractivity contribution in [1.82, 2.24) is 4.98 Å². The van der Waals surface area contributed by atoms with E-state index in [2.05, 4.69) is 19.8 Å². The number of nitrogens with one attached hydrogen (secondary N) is 1. The van der Waals surface area contributed by atoms with E-state index >= 15 is 0 Å². The number of para-hydroxylation sites is 2. The quantitative estimate of drug-likeness (QED) is 0.574. The molecule has 136 valence electrons. The molecule has 2 rings (SSSR count). The maximum Gasteiger partial charge on any atom is 0.354 e. The van der Waals surface area contributed by atoms with Crippen LogP contribution < -0.4 is 10.1 Å². The van der Waals surface area contributed by atoms with Crippen LogP contribution in [0.15, 0.2) is 60.4 Å². The minimum absolute atomic E-state index is 0.0554. The van der Waals surface area contributed by atoms with Crippen LogP contribution in [0.4, 0.5) is 5.69 Å². The molecule has 2 aromatic rings. The molecule has 0 unspecified atom stereocenters. The van der Waals surface area contributed by atoms with Crippen molar-refractivity contribution in [1.29, 1.82) is 0 Å². The fraction of sp³-hybridized carbons (Fsp3) is 0.211. The van der Waals surface area contributed by atoms with Gasteiger partial charge in [0.1, 0.15) is 11.4 Å². The van der Waals surface area contributed by atoms with Crippen LogP contribution in [0.3, 0.4) is 0 Å². The number of hydrogen-bond acceptors (Lipinski definition) is 7. The van der Waals surface area contributed by atoms with Gasteiger partial charge in [-0.15, -0.1) is 0 Å². The molecule has 1 N–H and O–H groups in total. The van der Waals surface area contributed by atoms with Gasteiger partial charge >= 0.3 is 11.9 Å². The first kappa shape index (κ1) is 19.0. The molecule has 7 heteroatoms. The average Bonchev–Trinajstić information content (AvgIpc) is 2.68. The highest BCUT2D eigenvalue weighted by Gasteiger charge is 2.15. The van der Waals surface area contributed by atoms with Gasteiger partial charge in [0.15, 0.2) is 0 Å². The number of methoxy groups -OCH3 is 2. The summed E-state index contributed by atoms with van der Waals surface area (Å²) in [6, 6.07) is 12.8. The number of rotatable bonds is 8. The summed E-state index contributed by atoms with van der Waals surface area (Å²) in [4.78, 5) is 27.6. The highest BCUT2D eigenvalue weighted by atomic mass is 16.5. The molecule has 0 amide bonds. The van der Waals surface area contributed by atoms with E-state index in [0.717, 1.165) is 11.8 Å². The molecule has 0 saturated carbocycles. The van der Waals surface area contributed by atoms with Gasteiger partial charge in [-0.2, -0.15) is 0 Å². The number of pyridine rings is 1. The van der Waals surface area contributed by atoms with Crippen molar-refractivity contribution >= 4 is 17.6 Å². The molecule has 0 aliphatic heterocycles. The number of carbonyl (C=O) groups is 2. The van der Waals surface area contributed by atoms with Crippen LogP contribution in [0.25, 0.3) is 0 Å². The number of ether oxygens (including phenoxy) is 3. The molecule has 0 radical (unpaired) electrons. The van der Waals surface area contributed by atoms with Gasteiger partial charge in [-0.3, -0.25) is 4.98 Å². The molecular weight excluding hydrogens is 336 g/mol. The molecule has 0 spiro atoms. The van der Waals surface area contributed by atoms with E-state index in [1.54, 1.807) is 24.4 Å². The summed E-state index contributed by atoms with van der Waals surface area (Å²) in [7, 11) is 2.45. The van der Waals surface area contributed by atoms with Crippen LogP contribution >= 0.6 is 0 Å². The first-order valence-corrected chi connectivity index (χ1v) is 7.90. The molecule has 7 nitrogen and oxygen atoms in total. The van der Waals surface area contributed by atoms with Crippen LogP contribution in [0.2, 0.25) is 0 Å². The minimum Gasteiger partial charge on any atom is -0.491 e. The largest absolute Gasteiger partial charge is 0.491 e. The Bertz CT molecular complexity index is 775. The highest BCUT2D eigenvalue weighted by molar-refractivity contribution is 5.99. The van der Waals surface area contributed by atoms with Gasteiger partial charge in [-0.25, -0.2) is 9.59 Å². The second kappa shape index (κ2) is 9.83. The van der Waals surface area contributed by atoms with E-state index in [0.29, 0.717) is 24.5 Å². The van der Waals surface area contributed by atoms with Crippen molar-refractivity contribution in [2.24, 2.45) is 0 Å². The maximum absolute atomic E-state index is 11.9. The third kappa shape index (κ3) is 5.62. The smallest absolute Gasteiger partial charge is 0.354 e. The second-order valence-electron chi connectivity index (χ2n) is 5.11. The van der Waals surface area contributed by atoms with Crippen molar-refractivity contribution in [2.45, 2.75) is 6.42 Å². The van der Waals surface area contributed by atoms with Gasteiger partial charge in [0.2, 0.25) is 0 Å². The Labute approximate surface area is 151 Å². The molecule has 0 aliphatic carbocycles. The normalized spacial score (nSPS) is 10.8. The second-order valence-corrected chi connectivity index (χ2v) is 5.11. The molecule has 1 heterocycles. The van der Waals surface area contributed by atoms with Crippen molar-refractivity contribution in [3.8, 4) is 5.75 Å². The monoisotopic (exact) mass is 356 g/mol. The number of anilines is 1. The summed E-state index contributed by atoms with van der Waals surface area (Å²) >= 11 is 0. The van der Waals surface area contributed by atoms with Crippen LogP contribution in [0.1, 0.15) is 5.69 Å². The lowest BCUT2D eigenvalue weighted by molar-refractivity contribution is -0.138. The lowest BCUT2D eigenvalue weighted by Gasteiger charge is -2.14. The van der Waals surface area contributed by atoms with Gasteiger partial charge in [-0.05, 0) is 24.3 Å². The van der Waals surface area contributed by atoms with Crippen LogP contribution in [-0.4, -0.2) is 37.7 Å². The predicted molar refractivity (Wildman–Crippen MR) is 95.6 cm³/mol. The van der Waals surface area contributed by atoms with Crippen LogP contribution in [0.5, 0.6) is 5.75 Å². The molecule has 0 fully saturated rings. The van der Waals surface area contributed by atoms with Gasteiger partial charge < -0.3 is 19.5 Å². The van der Waals surface area contributed by atoms with Gasteiger partial charge in [0.05, 0.1) is 32.6 Å². The van der Waals surface area contributed by atoms with Gasteiger partial charge in [0, 0.05) is 18.3 Å². The first-order chi connectivity index (χ1) is 12.6. The summed E-state index contributed by atoms with van der Waals surface area (Å²) in [6.45, 7) is 0.407. The fourth-order valence-electron chi connectivity index (χ4n) is 2.09. The van der Waals surface area contributed by atoms with Gasteiger partial charge in [-0.1, -0.05) is 18.2 Å². The van der Waals surface area contributed by atoms with E-state index in [1.165, 1.54) is 14.2 Å². The lowest BCUT2D eigenvalue weighted by atomic mass is 10.2. The Kier molecular flexibility index (Phi) is 7.17. The van der Waals surface area contributed by atoms with E-state index in [1.807, 2.05) is 24.3 Å². The minimum atomic E-state index is -0.696. The third-order valence-corrected chi connectivity index (χ3v) is 3.37. The first-order valence-electron chi connectivity index (χ1n) is 7.90. The summed E-state index contributed by atoms with van der Waals surface area (Å²) in [6.07, 6.45) is 3.39. The zero-order valence-corrected chi connectivity index (χ0v) is 14.6. The van der Waals surface area contributed by atoms with Crippen molar-refractivity contribution in [3.05, 3.63) is 66.1 Å². The number of hydrogen-bond donors (Lipinski definition) is 1. The topological polar surface area (TPSA) is 86.8 Å². The molecule has 0 atom stereocenters. The Morgan fingerprint density at radius 3 is 2.54 bits per heavy atom. The zero-order chi connectivity index (χ0) is 18.8. The fourth-order valence-corrected chi connectivity index (χ4v) is 2.09. The maximum atomic E-state index is 11.9. The SMILES string of the molecule is COC(=O)/C=C(/Nc1ccccc1OCCc1ccccn1)C(=O)OC. The van der Waals surface area contributed by atoms with Gasteiger partial charge in [0.25, 0.3) is 0 Å². The number of carbonyl (C=O) groups excluding carboxylic acids is 2. The Balaban J connectivity index is 2.10. The Morgan fingerprint density at radius 2 is 1.85 bits per heavy atom. The van der Waals surface area contributed by atoms with Crippen molar-refractivity contribution in [2.75, 3.05) is 26.1 Å². The standard InChI is InChI=1S/C19H20N2O5/c1-24-18(22)13-16(19(23)25-2)21-15-8-3-4-9-17(15)26-12-10-14-7-5-6-11-20-14/h3-9,11,13,21H,10,12H2,1-2H3/b16-13+. The number of benzene rings is 1. The molecule has 0 aliphatic rings. The molecule has 1 aromatic heterocycles. The Hall–Kier alpha value is -3.35. The van der Waals surface area contributed by atoms with Crippen LogP contribution in [-0.2, 0) is 25.5 Å². The van der Waals surface area contributed by atoms with Crippen molar-refractivity contribution in [3.63, 3.8) is 0 Å². The summed E-state index contributed by atoms with van der Waals surface area (Å²) in [5.74, 6) is -0.840. The van der Waals surface area contributed by atoms with E-state index < -0.39 is 11.9 Å². The third-order valence-electron chi connectivity index (χ3n) is 3.37. The highest BCUT2D eigenvalue weighted by Crippen LogP contribution is 2.25.